The number of aryl methyl sites for hydroxylation is 1. The zero-order valence-electron chi connectivity index (χ0n) is 13.3. The van der Waals surface area contributed by atoms with E-state index >= 15 is 0 Å². The summed E-state index contributed by atoms with van der Waals surface area (Å²) in [5, 5.41) is 17.2. The molecule has 0 saturated heterocycles. The van der Waals surface area contributed by atoms with Gasteiger partial charge in [-0.25, -0.2) is 15.0 Å². The molecular formula is C15H11Br2N7O2. The summed E-state index contributed by atoms with van der Waals surface area (Å²) < 4.78 is 1.60. The molecule has 0 saturated carbocycles. The lowest BCUT2D eigenvalue weighted by atomic mass is 10.3. The third-order valence-corrected chi connectivity index (χ3v) is 4.16. The Hall–Kier alpha value is -2.66. The highest BCUT2D eigenvalue weighted by Gasteiger charge is 2.23. The van der Waals surface area contributed by atoms with Crippen LogP contribution in [0.5, 0.6) is 0 Å². The molecular weight excluding hydrogens is 470 g/mol. The average Bonchev–Trinajstić information content (AvgIpc) is 2.54. The van der Waals surface area contributed by atoms with Crippen molar-refractivity contribution in [3.63, 3.8) is 0 Å². The molecule has 0 fully saturated rings. The predicted molar refractivity (Wildman–Crippen MR) is 104 cm³/mol. The summed E-state index contributed by atoms with van der Waals surface area (Å²) in [6.45, 7) is 1.54. The fourth-order valence-electron chi connectivity index (χ4n) is 2.11. The Labute approximate surface area is 164 Å². The summed E-state index contributed by atoms with van der Waals surface area (Å²) in [6.07, 6.45) is 3.17. The van der Waals surface area contributed by atoms with Crippen LogP contribution in [-0.4, -0.2) is 24.9 Å². The molecule has 0 radical (unpaired) electrons. The Morgan fingerprint density at radius 1 is 1.00 bits per heavy atom. The van der Waals surface area contributed by atoms with E-state index in [1.165, 1.54) is 0 Å². The predicted octanol–water partition coefficient (Wildman–Crippen LogP) is 4.50. The van der Waals surface area contributed by atoms with Crippen molar-refractivity contribution in [3.05, 3.63) is 61.4 Å². The summed E-state index contributed by atoms with van der Waals surface area (Å²) in [7, 11) is 0. The lowest BCUT2D eigenvalue weighted by molar-refractivity contribution is -0.385. The molecule has 11 heteroatoms. The van der Waals surface area contributed by atoms with Crippen LogP contribution in [0, 0.1) is 17.0 Å². The average molecular weight is 481 g/mol. The van der Waals surface area contributed by atoms with Gasteiger partial charge in [-0.05, 0) is 31.2 Å². The molecule has 0 spiro atoms. The number of nitrogens with zero attached hydrogens (tertiary/aromatic N) is 5. The largest absolute Gasteiger partial charge is 0.332 e. The van der Waals surface area contributed by atoms with E-state index in [1.807, 2.05) is 0 Å². The maximum Gasteiger partial charge on any atom is 0.332 e. The summed E-state index contributed by atoms with van der Waals surface area (Å²) >= 11 is 6.68. The fourth-order valence-corrected chi connectivity index (χ4v) is 2.78. The van der Waals surface area contributed by atoms with Crippen LogP contribution in [-0.2, 0) is 0 Å². The van der Waals surface area contributed by atoms with Gasteiger partial charge >= 0.3 is 5.69 Å². The first-order valence-corrected chi connectivity index (χ1v) is 8.81. The molecule has 3 heterocycles. The van der Waals surface area contributed by atoms with Gasteiger partial charge in [-0.1, -0.05) is 31.9 Å². The second-order valence-electron chi connectivity index (χ2n) is 5.06. The van der Waals surface area contributed by atoms with E-state index in [2.05, 4.69) is 62.4 Å². The summed E-state index contributed by atoms with van der Waals surface area (Å²) in [5.41, 5.74) is -0.0143. The molecule has 0 amide bonds. The summed E-state index contributed by atoms with van der Waals surface area (Å²) in [5.74, 6) is 1.12. The molecule has 3 aromatic heterocycles. The number of nitro groups is 1. The van der Waals surface area contributed by atoms with Crippen LogP contribution in [0.25, 0.3) is 0 Å². The fraction of sp³-hybridized carbons (Fsp3) is 0.0667. The van der Waals surface area contributed by atoms with E-state index in [9.17, 15) is 10.1 Å². The van der Waals surface area contributed by atoms with Crippen LogP contribution in [0.2, 0.25) is 0 Å². The minimum Gasteiger partial charge on any atom is -0.319 e. The van der Waals surface area contributed by atoms with Gasteiger partial charge in [0.2, 0.25) is 11.8 Å². The van der Waals surface area contributed by atoms with Crippen molar-refractivity contribution in [2.75, 3.05) is 10.6 Å². The van der Waals surface area contributed by atoms with Crippen LogP contribution in [0.4, 0.5) is 29.1 Å². The van der Waals surface area contributed by atoms with E-state index in [0.29, 0.717) is 11.6 Å². The Morgan fingerprint density at radius 2 is 1.58 bits per heavy atom. The molecule has 0 unspecified atom stereocenters. The van der Waals surface area contributed by atoms with Crippen LogP contribution in [0.3, 0.4) is 0 Å². The Kier molecular flexibility index (Phi) is 5.38. The van der Waals surface area contributed by atoms with E-state index in [-0.39, 0.29) is 23.1 Å². The Morgan fingerprint density at radius 3 is 2.12 bits per heavy atom. The zero-order valence-corrected chi connectivity index (χ0v) is 16.4. The van der Waals surface area contributed by atoms with Crippen LogP contribution in [0.15, 0.2) is 45.6 Å². The lowest BCUT2D eigenvalue weighted by Gasteiger charge is -2.10. The van der Waals surface area contributed by atoms with Gasteiger partial charge < -0.3 is 10.6 Å². The Balaban J connectivity index is 2.00. The van der Waals surface area contributed by atoms with Gasteiger partial charge in [0.25, 0.3) is 0 Å². The van der Waals surface area contributed by atoms with E-state index in [0.717, 1.165) is 8.95 Å². The smallest absolute Gasteiger partial charge is 0.319 e. The topological polar surface area (TPSA) is 119 Å². The van der Waals surface area contributed by atoms with Gasteiger partial charge in [0, 0.05) is 21.3 Å². The van der Waals surface area contributed by atoms with Gasteiger partial charge in [-0.2, -0.15) is 4.98 Å². The number of hydrogen-bond acceptors (Lipinski definition) is 8. The van der Waals surface area contributed by atoms with Gasteiger partial charge in [0.1, 0.15) is 17.3 Å². The molecule has 132 valence electrons. The van der Waals surface area contributed by atoms with Crippen molar-refractivity contribution in [2.45, 2.75) is 6.92 Å². The third-order valence-electron chi connectivity index (χ3n) is 3.17. The quantitative estimate of drug-likeness (QED) is 0.404. The molecule has 0 atom stereocenters. The first kappa shape index (κ1) is 18.1. The maximum absolute atomic E-state index is 11.4. The molecule has 26 heavy (non-hydrogen) atoms. The number of aromatic nitrogens is 4. The van der Waals surface area contributed by atoms with Crippen molar-refractivity contribution >= 4 is 60.9 Å². The monoisotopic (exact) mass is 479 g/mol. The van der Waals surface area contributed by atoms with Gasteiger partial charge in [-0.3, -0.25) is 10.1 Å². The normalized spacial score (nSPS) is 10.4. The maximum atomic E-state index is 11.4. The van der Waals surface area contributed by atoms with E-state index in [1.54, 1.807) is 43.6 Å². The molecule has 0 aliphatic heterocycles. The first-order chi connectivity index (χ1) is 12.4. The molecule has 0 bridgehead atoms. The minimum atomic E-state index is -0.531. The number of pyridine rings is 2. The SMILES string of the molecule is Cc1nc(Nc2cc(Br)ccn2)nc(Nc2cc(Br)ccn2)c1[N+](=O)[O-]. The molecule has 0 aliphatic carbocycles. The van der Waals surface area contributed by atoms with Crippen LogP contribution < -0.4 is 10.6 Å². The van der Waals surface area contributed by atoms with Gasteiger partial charge in [0.15, 0.2) is 0 Å². The number of rotatable bonds is 5. The molecule has 9 nitrogen and oxygen atoms in total. The molecule has 0 aromatic carbocycles. The molecule has 2 N–H and O–H groups in total. The lowest BCUT2D eigenvalue weighted by Crippen LogP contribution is -2.08. The standard InChI is InChI=1S/C15H11Br2N7O2/c1-8-13(24(25)26)14(21-11-6-9(16)2-4-18-11)23-15(20-8)22-12-7-10(17)3-5-19-12/h2-7H,1H3,(H2,18,19,20,21,22,23). The second-order valence-corrected chi connectivity index (χ2v) is 6.89. The van der Waals surface area contributed by atoms with Gasteiger partial charge in [0.05, 0.1) is 4.92 Å². The minimum absolute atomic E-state index is 0.0330. The molecule has 3 aromatic rings. The molecule has 0 aliphatic rings. The first-order valence-electron chi connectivity index (χ1n) is 7.22. The van der Waals surface area contributed by atoms with Crippen molar-refractivity contribution in [1.29, 1.82) is 0 Å². The highest BCUT2D eigenvalue weighted by molar-refractivity contribution is 9.10. The number of anilines is 4. The van der Waals surface area contributed by atoms with Crippen molar-refractivity contribution in [1.82, 2.24) is 19.9 Å². The number of hydrogen-bond donors (Lipinski definition) is 2. The third kappa shape index (κ3) is 4.29. The second kappa shape index (κ2) is 7.70. The number of halogens is 2. The summed E-state index contributed by atoms with van der Waals surface area (Å²) in [6, 6.07) is 6.95. The number of nitrogens with one attached hydrogen (secondary N) is 2. The van der Waals surface area contributed by atoms with E-state index in [4.69, 9.17) is 0 Å². The van der Waals surface area contributed by atoms with Crippen LogP contribution >= 0.6 is 31.9 Å². The van der Waals surface area contributed by atoms with E-state index < -0.39 is 4.92 Å². The highest BCUT2D eigenvalue weighted by atomic mass is 79.9. The summed E-state index contributed by atoms with van der Waals surface area (Å²) in [4.78, 5) is 27.5. The van der Waals surface area contributed by atoms with Crippen molar-refractivity contribution in [2.24, 2.45) is 0 Å². The van der Waals surface area contributed by atoms with Crippen LogP contribution in [0.1, 0.15) is 5.69 Å². The molecule has 3 rings (SSSR count). The zero-order chi connectivity index (χ0) is 18.7. The Bertz CT molecular complexity index is 984. The van der Waals surface area contributed by atoms with Crippen molar-refractivity contribution in [3.8, 4) is 0 Å². The highest BCUT2D eigenvalue weighted by Crippen LogP contribution is 2.30. The van der Waals surface area contributed by atoms with Crippen molar-refractivity contribution < 1.29 is 4.92 Å². The van der Waals surface area contributed by atoms with Gasteiger partial charge in [-0.15, -0.1) is 0 Å².